The zero-order valence-electron chi connectivity index (χ0n) is 11.3. The number of hydrogen-bond acceptors (Lipinski definition) is 2. The number of rotatable bonds is 8. The van der Waals surface area contributed by atoms with Crippen molar-refractivity contribution < 1.29 is 9.90 Å². The molecule has 3 heteroatoms. The maximum Gasteiger partial charge on any atom is 0.321 e. The van der Waals surface area contributed by atoms with E-state index in [1.54, 1.807) is 0 Å². The predicted octanol–water partition coefficient (Wildman–Crippen LogP) is 2.80. The molecule has 0 aliphatic carbocycles. The van der Waals surface area contributed by atoms with Gasteiger partial charge in [-0.3, -0.25) is 9.69 Å². The van der Waals surface area contributed by atoms with Gasteiger partial charge in [0, 0.05) is 0 Å². The third-order valence-electron chi connectivity index (χ3n) is 3.20. The van der Waals surface area contributed by atoms with Gasteiger partial charge in [0.2, 0.25) is 0 Å². The summed E-state index contributed by atoms with van der Waals surface area (Å²) in [4.78, 5) is 13.3. The fourth-order valence-electron chi connectivity index (χ4n) is 2.04. The number of hydrogen-bond donors (Lipinski definition) is 1. The normalized spacial score (nSPS) is 12.6. The Hall–Kier alpha value is -1.35. The van der Waals surface area contributed by atoms with Gasteiger partial charge in [0.25, 0.3) is 0 Å². The van der Waals surface area contributed by atoms with Gasteiger partial charge in [-0.25, -0.2) is 0 Å². The molecule has 0 saturated heterocycles. The van der Waals surface area contributed by atoms with Crippen LogP contribution in [-0.4, -0.2) is 35.6 Å². The summed E-state index contributed by atoms with van der Waals surface area (Å²) in [6.45, 7) is 3.00. The fraction of sp³-hybridized carbons (Fsp3) is 0.533. The average molecular weight is 249 g/mol. The first-order valence-corrected chi connectivity index (χ1v) is 6.62. The van der Waals surface area contributed by atoms with Crippen LogP contribution in [0.2, 0.25) is 0 Å². The van der Waals surface area contributed by atoms with Crippen LogP contribution in [0.25, 0.3) is 0 Å². The summed E-state index contributed by atoms with van der Waals surface area (Å²) in [5.41, 5.74) is 1.08. The van der Waals surface area contributed by atoms with Crippen molar-refractivity contribution in [1.82, 2.24) is 4.90 Å². The van der Waals surface area contributed by atoms with Crippen molar-refractivity contribution >= 4 is 5.97 Å². The molecule has 1 atom stereocenters. The SMILES string of the molecule is CCCCCN(C)[C@@H](Cc1ccccc1)C(=O)O. The Kier molecular flexibility index (Phi) is 6.44. The molecule has 1 aromatic carbocycles. The lowest BCUT2D eigenvalue weighted by atomic mass is 10.0. The number of aliphatic carboxylic acids is 1. The second-order valence-electron chi connectivity index (χ2n) is 4.73. The molecule has 0 unspecified atom stereocenters. The van der Waals surface area contributed by atoms with Crippen LogP contribution < -0.4 is 0 Å². The van der Waals surface area contributed by atoms with Gasteiger partial charge in [-0.05, 0) is 32.0 Å². The molecule has 0 aromatic heterocycles. The topological polar surface area (TPSA) is 40.5 Å². The van der Waals surface area contributed by atoms with Crippen molar-refractivity contribution in [2.75, 3.05) is 13.6 Å². The molecule has 18 heavy (non-hydrogen) atoms. The van der Waals surface area contributed by atoms with Crippen LogP contribution in [-0.2, 0) is 11.2 Å². The monoisotopic (exact) mass is 249 g/mol. The first-order chi connectivity index (χ1) is 8.65. The Bertz CT molecular complexity index is 351. The minimum absolute atomic E-state index is 0.427. The van der Waals surface area contributed by atoms with E-state index in [1.165, 1.54) is 0 Å². The van der Waals surface area contributed by atoms with Gasteiger partial charge in [0.1, 0.15) is 6.04 Å². The third-order valence-corrected chi connectivity index (χ3v) is 3.20. The van der Waals surface area contributed by atoms with Gasteiger partial charge in [0.15, 0.2) is 0 Å². The summed E-state index contributed by atoms with van der Waals surface area (Å²) in [5.74, 6) is -0.738. The smallest absolute Gasteiger partial charge is 0.321 e. The molecule has 1 rings (SSSR count). The molecule has 1 aromatic rings. The second-order valence-corrected chi connectivity index (χ2v) is 4.73. The van der Waals surface area contributed by atoms with Crippen molar-refractivity contribution in [3.63, 3.8) is 0 Å². The first kappa shape index (κ1) is 14.7. The van der Waals surface area contributed by atoms with Crippen LogP contribution in [0.5, 0.6) is 0 Å². The molecule has 0 aliphatic heterocycles. The Morgan fingerprint density at radius 3 is 2.50 bits per heavy atom. The molecule has 0 heterocycles. The number of carboxylic acids is 1. The molecule has 0 spiro atoms. The van der Waals surface area contributed by atoms with Crippen molar-refractivity contribution in [3.8, 4) is 0 Å². The lowest BCUT2D eigenvalue weighted by Crippen LogP contribution is -2.40. The molecular formula is C15H23NO2. The summed E-state index contributed by atoms with van der Waals surface area (Å²) < 4.78 is 0. The zero-order valence-corrected chi connectivity index (χ0v) is 11.3. The Morgan fingerprint density at radius 2 is 1.94 bits per heavy atom. The number of nitrogens with zero attached hydrogens (tertiary/aromatic N) is 1. The summed E-state index contributed by atoms with van der Waals surface area (Å²) >= 11 is 0. The van der Waals surface area contributed by atoms with Crippen molar-refractivity contribution in [2.24, 2.45) is 0 Å². The second kappa shape index (κ2) is 7.88. The van der Waals surface area contributed by atoms with Crippen molar-refractivity contribution in [1.29, 1.82) is 0 Å². The van der Waals surface area contributed by atoms with E-state index in [0.717, 1.165) is 31.4 Å². The predicted molar refractivity (Wildman–Crippen MR) is 73.7 cm³/mol. The van der Waals surface area contributed by atoms with E-state index in [-0.39, 0.29) is 0 Å². The zero-order chi connectivity index (χ0) is 13.4. The van der Waals surface area contributed by atoms with E-state index in [0.29, 0.717) is 6.42 Å². The van der Waals surface area contributed by atoms with E-state index < -0.39 is 12.0 Å². The number of benzene rings is 1. The van der Waals surface area contributed by atoms with Crippen LogP contribution in [0.1, 0.15) is 31.7 Å². The first-order valence-electron chi connectivity index (χ1n) is 6.62. The van der Waals surface area contributed by atoms with E-state index >= 15 is 0 Å². The van der Waals surface area contributed by atoms with Crippen molar-refractivity contribution in [2.45, 2.75) is 38.6 Å². The number of carboxylic acid groups (broad SMARTS) is 1. The van der Waals surface area contributed by atoms with Gasteiger partial charge in [-0.15, -0.1) is 0 Å². The molecule has 0 saturated carbocycles. The quantitative estimate of drug-likeness (QED) is 0.720. The number of unbranched alkanes of at least 4 members (excludes halogenated alkanes) is 2. The van der Waals surface area contributed by atoms with E-state index in [1.807, 2.05) is 42.3 Å². The highest BCUT2D eigenvalue weighted by atomic mass is 16.4. The van der Waals surface area contributed by atoms with E-state index in [4.69, 9.17) is 0 Å². The highest BCUT2D eigenvalue weighted by Crippen LogP contribution is 2.09. The standard InChI is InChI=1S/C15H23NO2/c1-3-4-8-11-16(2)14(15(17)18)12-13-9-6-5-7-10-13/h5-7,9-10,14H,3-4,8,11-12H2,1-2H3,(H,17,18)/t14-/m0/s1. The minimum atomic E-state index is -0.738. The highest BCUT2D eigenvalue weighted by molar-refractivity contribution is 5.73. The average Bonchev–Trinajstić information content (AvgIpc) is 2.37. The largest absolute Gasteiger partial charge is 0.480 e. The number of likely N-dealkylation sites (N-methyl/N-ethyl adjacent to an activating group) is 1. The minimum Gasteiger partial charge on any atom is -0.480 e. The van der Waals surface area contributed by atoms with Crippen molar-refractivity contribution in [3.05, 3.63) is 35.9 Å². The molecule has 100 valence electrons. The Balaban J connectivity index is 2.57. The number of carbonyl (C=O) groups is 1. The summed E-state index contributed by atoms with van der Waals surface area (Å²) in [5, 5.41) is 9.32. The van der Waals surface area contributed by atoms with Crippen LogP contribution in [0, 0.1) is 0 Å². The van der Waals surface area contributed by atoms with Gasteiger partial charge >= 0.3 is 5.97 Å². The lowest BCUT2D eigenvalue weighted by molar-refractivity contribution is -0.142. The summed E-state index contributed by atoms with van der Waals surface area (Å²) in [6, 6.07) is 9.39. The molecule has 0 fully saturated rings. The van der Waals surface area contributed by atoms with E-state index in [2.05, 4.69) is 6.92 Å². The maximum atomic E-state index is 11.3. The molecule has 0 amide bonds. The van der Waals surface area contributed by atoms with Crippen LogP contribution in [0.3, 0.4) is 0 Å². The molecule has 1 N–H and O–H groups in total. The van der Waals surface area contributed by atoms with Crippen LogP contribution >= 0.6 is 0 Å². The van der Waals surface area contributed by atoms with Crippen LogP contribution in [0.15, 0.2) is 30.3 Å². The molecule has 0 aliphatic rings. The van der Waals surface area contributed by atoms with Gasteiger partial charge < -0.3 is 5.11 Å². The third kappa shape index (κ3) is 4.88. The van der Waals surface area contributed by atoms with E-state index in [9.17, 15) is 9.90 Å². The van der Waals surface area contributed by atoms with Gasteiger partial charge in [0.05, 0.1) is 0 Å². The molecular weight excluding hydrogens is 226 g/mol. The maximum absolute atomic E-state index is 11.3. The molecule has 0 bridgehead atoms. The van der Waals surface area contributed by atoms with Gasteiger partial charge in [-0.2, -0.15) is 0 Å². The summed E-state index contributed by atoms with van der Waals surface area (Å²) in [7, 11) is 1.90. The van der Waals surface area contributed by atoms with Gasteiger partial charge in [-0.1, -0.05) is 50.1 Å². The lowest BCUT2D eigenvalue weighted by Gasteiger charge is -2.24. The molecule has 3 nitrogen and oxygen atoms in total. The Labute approximate surface area is 109 Å². The molecule has 0 radical (unpaired) electrons. The summed E-state index contributed by atoms with van der Waals surface area (Å²) in [6.07, 6.45) is 3.94. The highest BCUT2D eigenvalue weighted by Gasteiger charge is 2.22. The fourth-order valence-corrected chi connectivity index (χ4v) is 2.04. The van der Waals surface area contributed by atoms with Crippen LogP contribution in [0.4, 0.5) is 0 Å². The Morgan fingerprint density at radius 1 is 1.28 bits per heavy atom.